The summed E-state index contributed by atoms with van der Waals surface area (Å²) < 4.78 is 1.70. The van der Waals surface area contributed by atoms with Crippen LogP contribution in [0, 0.1) is 12.8 Å². The van der Waals surface area contributed by atoms with Gasteiger partial charge in [-0.3, -0.25) is 4.79 Å². The Kier molecular flexibility index (Phi) is 4.92. The van der Waals surface area contributed by atoms with E-state index in [1.165, 1.54) is 0 Å². The van der Waals surface area contributed by atoms with Crippen molar-refractivity contribution in [3.63, 3.8) is 0 Å². The lowest BCUT2D eigenvalue weighted by Crippen LogP contribution is -2.43. The molecule has 1 fully saturated rings. The molecule has 128 valence electrons. The molecule has 24 heavy (non-hydrogen) atoms. The Hall–Kier alpha value is -1.85. The average molecular weight is 348 g/mol. The van der Waals surface area contributed by atoms with E-state index in [2.05, 4.69) is 5.10 Å². The van der Waals surface area contributed by atoms with Gasteiger partial charge in [0.1, 0.15) is 0 Å². The van der Waals surface area contributed by atoms with Crippen molar-refractivity contribution in [3.8, 4) is 5.69 Å². The predicted molar refractivity (Wildman–Crippen MR) is 93.6 cm³/mol. The Labute approximate surface area is 146 Å². The molecular weight excluding hydrogens is 326 g/mol. The van der Waals surface area contributed by atoms with Gasteiger partial charge in [0.15, 0.2) is 0 Å². The quantitative estimate of drug-likeness (QED) is 0.928. The summed E-state index contributed by atoms with van der Waals surface area (Å²) in [6.07, 6.45) is 3.08. The maximum atomic E-state index is 12.9. The smallest absolute Gasteiger partial charge is 0.257 e. The van der Waals surface area contributed by atoms with E-state index in [0.717, 1.165) is 30.8 Å². The molecule has 1 aromatic carbocycles. The lowest BCUT2D eigenvalue weighted by Gasteiger charge is -2.34. The molecule has 2 unspecified atom stereocenters. The predicted octanol–water partition coefficient (Wildman–Crippen LogP) is 3.07. The zero-order valence-electron chi connectivity index (χ0n) is 13.9. The van der Waals surface area contributed by atoms with Gasteiger partial charge >= 0.3 is 0 Å². The first-order valence-electron chi connectivity index (χ1n) is 8.26. The van der Waals surface area contributed by atoms with Gasteiger partial charge in [0.25, 0.3) is 5.91 Å². The minimum atomic E-state index is -0.396. The van der Waals surface area contributed by atoms with Gasteiger partial charge in [0.2, 0.25) is 0 Å². The van der Waals surface area contributed by atoms with Crippen LogP contribution >= 0.6 is 11.6 Å². The van der Waals surface area contributed by atoms with Gasteiger partial charge in [0.05, 0.1) is 34.3 Å². The second-order valence-electron chi connectivity index (χ2n) is 6.40. The Morgan fingerprint density at radius 3 is 2.88 bits per heavy atom. The van der Waals surface area contributed by atoms with Crippen molar-refractivity contribution < 1.29 is 9.90 Å². The van der Waals surface area contributed by atoms with E-state index in [4.69, 9.17) is 11.6 Å². The molecule has 0 spiro atoms. The third kappa shape index (κ3) is 3.19. The Bertz CT molecular complexity index is 742. The lowest BCUT2D eigenvalue weighted by molar-refractivity contribution is 0.0465. The molecule has 3 rings (SSSR count). The van der Waals surface area contributed by atoms with Gasteiger partial charge < -0.3 is 10.0 Å². The minimum Gasteiger partial charge on any atom is -0.393 e. The standard InChI is InChI=1S/C18H22ClN3O2/c1-12-15(10-20-22(12)17-8-4-3-7-16(17)19)18(24)21-9-5-6-14(11-21)13(2)23/h3-4,7-8,10,13-14,23H,5-6,9,11H2,1-2H3. The second-order valence-corrected chi connectivity index (χ2v) is 6.81. The average Bonchev–Trinajstić information content (AvgIpc) is 2.96. The Balaban J connectivity index is 1.86. The monoisotopic (exact) mass is 347 g/mol. The first-order valence-corrected chi connectivity index (χ1v) is 8.63. The van der Waals surface area contributed by atoms with Crippen LogP contribution in [0.4, 0.5) is 0 Å². The minimum absolute atomic E-state index is 0.0313. The number of carbonyl (C=O) groups is 1. The van der Waals surface area contributed by atoms with E-state index in [1.54, 1.807) is 23.9 Å². The summed E-state index contributed by atoms with van der Waals surface area (Å²) in [5.41, 5.74) is 2.12. The molecule has 1 amide bonds. The van der Waals surface area contributed by atoms with Gasteiger partial charge in [-0.15, -0.1) is 0 Å². The third-order valence-electron chi connectivity index (χ3n) is 4.75. The third-order valence-corrected chi connectivity index (χ3v) is 5.07. The fourth-order valence-electron chi connectivity index (χ4n) is 3.24. The molecule has 2 heterocycles. The molecule has 0 aliphatic carbocycles. The highest BCUT2D eigenvalue weighted by Crippen LogP contribution is 2.25. The Morgan fingerprint density at radius 2 is 2.17 bits per heavy atom. The molecule has 1 aliphatic rings. The van der Waals surface area contributed by atoms with Crippen molar-refractivity contribution in [1.82, 2.24) is 14.7 Å². The number of piperidine rings is 1. The molecule has 6 heteroatoms. The molecule has 5 nitrogen and oxygen atoms in total. The molecule has 1 N–H and O–H groups in total. The highest BCUT2D eigenvalue weighted by Gasteiger charge is 2.29. The van der Waals surface area contributed by atoms with Crippen LogP contribution in [-0.2, 0) is 0 Å². The molecule has 2 atom stereocenters. The van der Waals surface area contributed by atoms with Gasteiger partial charge in [-0.1, -0.05) is 23.7 Å². The molecule has 1 aromatic heterocycles. The van der Waals surface area contributed by atoms with Crippen LogP contribution < -0.4 is 0 Å². The van der Waals surface area contributed by atoms with Gasteiger partial charge in [-0.05, 0) is 38.8 Å². The molecule has 0 radical (unpaired) electrons. The first-order chi connectivity index (χ1) is 11.5. The zero-order chi connectivity index (χ0) is 17.3. The highest BCUT2D eigenvalue weighted by atomic mass is 35.5. The van der Waals surface area contributed by atoms with Crippen molar-refractivity contribution in [2.75, 3.05) is 13.1 Å². The number of rotatable bonds is 3. The number of hydrogen-bond acceptors (Lipinski definition) is 3. The summed E-state index contributed by atoms with van der Waals surface area (Å²) in [6, 6.07) is 7.43. The molecule has 2 aromatic rings. The van der Waals surface area contributed by atoms with Crippen molar-refractivity contribution in [2.24, 2.45) is 5.92 Å². The second kappa shape index (κ2) is 6.95. The number of hydrogen-bond donors (Lipinski definition) is 1. The van der Waals surface area contributed by atoms with E-state index in [9.17, 15) is 9.90 Å². The molecular formula is C18H22ClN3O2. The molecule has 0 bridgehead atoms. The van der Waals surface area contributed by atoms with E-state index in [-0.39, 0.29) is 11.8 Å². The fraction of sp³-hybridized carbons (Fsp3) is 0.444. The summed E-state index contributed by atoms with van der Waals surface area (Å²) >= 11 is 6.24. The van der Waals surface area contributed by atoms with E-state index < -0.39 is 6.10 Å². The molecule has 0 saturated carbocycles. The summed E-state index contributed by atoms with van der Waals surface area (Å²) in [4.78, 5) is 14.7. The fourth-order valence-corrected chi connectivity index (χ4v) is 3.46. The van der Waals surface area contributed by atoms with Gasteiger partial charge in [0, 0.05) is 19.0 Å². The van der Waals surface area contributed by atoms with Gasteiger partial charge in [-0.2, -0.15) is 5.10 Å². The molecule has 1 saturated heterocycles. The first kappa shape index (κ1) is 17.0. The van der Waals surface area contributed by atoms with Crippen molar-refractivity contribution in [2.45, 2.75) is 32.8 Å². The number of carbonyl (C=O) groups excluding carboxylic acids is 1. The summed E-state index contributed by atoms with van der Waals surface area (Å²) in [6.45, 7) is 4.98. The maximum Gasteiger partial charge on any atom is 0.257 e. The number of aliphatic hydroxyl groups is 1. The van der Waals surface area contributed by atoms with Crippen LogP contribution in [-0.4, -0.2) is 44.9 Å². The van der Waals surface area contributed by atoms with Gasteiger partial charge in [-0.25, -0.2) is 4.68 Å². The normalized spacial score (nSPS) is 19.3. The number of para-hydroxylation sites is 1. The number of aliphatic hydroxyl groups excluding tert-OH is 1. The van der Waals surface area contributed by atoms with Crippen LogP contribution in [0.1, 0.15) is 35.8 Å². The van der Waals surface area contributed by atoms with Crippen LogP contribution in [0.5, 0.6) is 0 Å². The van der Waals surface area contributed by atoms with Crippen LogP contribution in [0.25, 0.3) is 5.69 Å². The topological polar surface area (TPSA) is 58.4 Å². The largest absolute Gasteiger partial charge is 0.393 e. The summed E-state index contributed by atoms with van der Waals surface area (Å²) in [5, 5.41) is 14.8. The van der Waals surface area contributed by atoms with Crippen molar-refractivity contribution in [1.29, 1.82) is 0 Å². The van der Waals surface area contributed by atoms with Crippen molar-refractivity contribution in [3.05, 3.63) is 46.7 Å². The van der Waals surface area contributed by atoms with Crippen molar-refractivity contribution >= 4 is 17.5 Å². The SMILES string of the molecule is Cc1c(C(=O)N2CCCC(C(C)O)C2)cnn1-c1ccccc1Cl. The van der Waals surface area contributed by atoms with Crippen LogP contribution in [0.3, 0.4) is 0 Å². The Morgan fingerprint density at radius 1 is 1.42 bits per heavy atom. The summed E-state index contributed by atoms with van der Waals surface area (Å²) in [7, 11) is 0. The van der Waals surface area contributed by atoms with E-state index in [0.29, 0.717) is 17.1 Å². The number of amides is 1. The number of nitrogens with zero attached hydrogens (tertiary/aromatic N) is 3. The number of aromatic nitrogens is 2. The zero-order valence-corrected chi connectivity index (χ0v) is 14.7. The van der Waals surface area contributed by atoms with Crippen LogP contribution in [0.15, 0.2) is 30.5 Å². The van der Waals surface area contributed by atoms with E-state index >= 15 is 0 Å². The van der Waals surface area contributed by atoms with Crippen LogP contribution in [0.2, 0.25) is 5.02 Å². The molecule has 1 aliphatic heterocycles. The lowest BCUT2D eigenvalue weighted by atomic mass is 9.93. The number of benzene rings is 1. The summed E-state index contributed by atoms with van der Waals surface area (Å²) in [5.74, 6) is 0.109. The highest BCUT2D eigenvalue weighted by molar-refractivity contribution is 6.32. The maximum absolute atomic E-state index is 12.9. The van der Waals surface area contributed by atoms with E-state index in [1.807, 2.05) is 30.0 Å². The number of likely N-dealkylation sites (tertiary alicyclic amines) is 1. The number of halogens is 1.